The highest BCUT2D eigenvalue weighted by molar-refractivity contribution is 9.10. The average Bonchev–Trinajstić information content (AvgIpc) is 2.57. The molecule has 2 unspecified atom stereocenters. The molecule has 0 saturated carbocycles. The molecule has 1 aromatic rings. The summed E-state index contributed by atoms with van der Waals surface area (Å²) in [6, 6.07) is 5.35. The van der Waals surface area contributed by atoms with E-state index in [0.29, 0.717) is 17.7 Å². The monoisotopic (exact) mass is 334 g/mol. The van der Waals surface area contributed by atoms with Gasteiger partial charge in [-0.25, -0.2) is 8.42 Å². The van der Waals surface area contributed by atoms with Crippen molar-refractivity contribution in [2.75, 3.05) is 11.5 Å². The maximum Gasteiger partial charge on any atom is 0.154 e. The second kappa shape index (κ2) is 5.19. The minimum Gasteiger partial charge on any atom is -0.489 e. The number of hydrogen-bond acceptors (Lipinski definition) is 4. The van der Waals surface area contributed by atoms with Gasteiger partial charge in [-0.3, -0.25) is 0 Å². The van der Waals surface area contributed by atoms with E-state index in [4.69, 9.17) is 4.74 Å². The lowest BCUT2D eigenvalue weighted by atomic mass is 10.1. The van der Waals surface area contributed by atoms with E-state index in [1.807, 2.05) is 6.07 Å². The molecule has 4 nitrogen and oxygen atoms in total. The topological polar surface area (TPSA) is 63.6 Å². The van der Waals surface area contributed by atoms with Crippen molar-refractivity contribution in [3.05, 3.63) is 28.2 Å². The maximum atomic E-state index is 11.4. The van der Waals surface area contributed by atoms with Crippen LogP contribution >= 0.6 is 15.9 Å². The molecular weight excluding hydrogens is 320 g/mol. The summed E-state index contributed by atoms with van der Waals surface area (Å²) < 4.78 is 29.3. The molecule has 0 amide bonds. The summed E-state index contributed by atoms with van der Waals surface area (Å²) >= 11 is 3.34. The molecule has 0 radical (unpaired) electrons. The Balaban J connectivity index is 2.21. The Morgan fingerprint density at radius 1 is 1.50 bits per heavy atom. The van der Waals surface area contributed by atoms with Gasteiger partial charge in [0.1, 0.15) is 11.9 Å². The fraction of sp³-hybridized carbons (Fsp3) is 0.500. The molecule has 0 spiro atoms. The van der Waals surface area contributed by atoms with E-state index in [1.54, 1.807) is 19.1 Å². The van der Waals surface area contributed by atoms with E-state index < -0.39 is 15.9 Å². The van der Waals surface area contributed by atoms with Crippen LogP contribution in [0.3, 0.4) is 0 Å². The zero-order valence-corrected chi connectivity index (χ0v) is 12.4. The minimum atomic E-state index is -2.96. The summed E-state index contributed by atoms with van der Waals surface area (Å²) in [4.78, 5) is 0. The fourth-order valence-corrected chi connectivity index (χ4v) is 3.92. The van der Waals surface area contributed by atoms with Crippen LogP contribution in [0.5, 0.6) is 5.75 Å². The van der Waals surface area contributed by atoms with Crippen molar-refractivity contribution in [1.29, 1.82) is 0 Å². The van der Waals surface area contributed by atoms with Crippen LogP contribution in [-0.2, 0) is 9.84 Å². The number of aliphatic hydroxyl groups excluding tert-OH is 1. The average molecular weight is 335 g/mol. The van der Waals surface area contributed by atoms with Gasteiger partial charge in [0.15, 0.2) is 9.84 Å². The predicted octanol–water partition coefficient (Wildman–Crippen LogP) is 2.07. The molecule has 0 bridgehead atoms. The van der Waals surface area contributed by atoms with Gasteiger partial charge in [0, 0.05) is 10.0 Å². The normalized spacial score (nSPS) is 23.8. The van der Waals surface area contributed by atoms with Crippen LogP contribution in [0.15, 0.2) is 22.7 Å². The second-order valence-corrected chi connectivity index (χ2v) is 7.65. The third-order valence-electron chi connectivity index (χ3n) is 2.91. The lowest BCUT2D eigenvalue weighted by molar-refractivity contribution is 0.180. The highest BCUT2D eigenvalue weighted by Crippen LogP contribution is 2.31. The molecule has 18 heavy (non-hydrogen) atoms. The van der Waals surface area contributed by atoms with Crippen molar-refractivity contribution in [3.8, 4) is 5.75 Å². The van der Waals surface area contributed by atoms with E-state index >= 15 is 0 Å². The number of benzene rings is 1. The van der Waals surface area contributed by atoms with Gasteiger partial charge in [0.25, 0.3) is 0 Å². The summed E-state index contributed by atoms with van der Waals surface area (Å²) in [6.07, 6.45) is -0.457. The van der Waals surface area contributed by atoms with Crippen molar-refractivity contribution < 1.29 is 18.3 Å². The molecule has 1 fully saturated rings. The quantitative estimate of drug-likeness (QED) is 0.919. The molecule has 1 aliphatic rings. The summed E-state index contributed by atoms with van der Waals surface area (Å²) in [5, 5.41) is 9.66. The lowest BCUT2D eigenvalue weighted by Crippen LogP contribution is -2.18. The Hall–Kier alpha value is -0.590. The molecule has 0 aliphatic carbocycles. The van der Waals surface area contributed by atoms with Gasteiger partial charge in [-0.05, 0) is 25.5 Å². The van der Waals surface area contributed by atoms with Gasteiger partial charge >= 0.3 is 0 Å². The molecule has 6 heteroatoms. The first-order valence-corrected chi connectivity index (χ1v) is 8.33. The first kappa shape index (κ1) is 13.8. The second-order valence-electron chi connectivity index (χ2n) is 4.50. The van der Waals surface area contributed by atoms with E-state index in [9.17, 15) is 13.5 Å². The standard InChI is InChI=1S/C12H15BrO4S/c1-8(14)11-3-2-9(13)6-12(11)17-10-4-5-18(15,16)7-10/h2-3,6,8,10,14H,4-5,7H2,1H3. The zero-order valence-electron chi connectivity index (χ0n) is 9.97. The molecule has 1 saturated heterocycles. The zero-order chi connectivity index (χ0) is 13.3. The number of sulfone groups is 1. The summed E-state index contributed by atoms with van der Waals surface area (Å²) in [5.41, 5.74) is 0.669. The van der Waals surface area contributed by atoms with Crippen molar-refractivity contribution in [2.24, 2.45) is 0 Å². The van der Waals surface area contributed by atoms with Gasteiger partial charge < -0.3 is 9.84 Å². The van der Waals surface area contributed by atoms with E-state index in [1.165, 1.54) is 0 Å². The Morgan fingerprint density at radius 2 is 2.22 bits per heavy atom. The number of hydrogen-bond donors (Lipinski definition) is 1. The minimum absolute atomic E-state index is 0.0543. The molecule has 1 aromatic carbocycles. The Morgan fingerprint density at radius 3 is 2.78 bits per heavy atom. The Bertz CT molecular complexity index is 539. The van der Waals surface area contributed by atoms with Crippen LogP contribution in [0.2, 0.25) is 0 Å². The maximum absolute atomic E-state index is 11.4. The smallest absolute Gasteiger partial charge is 0.154 e. The summed E-state index contributed by atoms with van der Waals surface area (Å²) in [5.74, 6) is 0.774. The van der Waals surface area contributed by atoms with Gasteiger partial charge in [-0.2, -0.15) is 0 Å². The molecule has 2 rings (SSSR count). The number of aliphatic hydroxyl groups is 1. The fourth-order valence-electron chi connectivity index (χ4n) is 1.99. The molecule has 100 valence electrons. The van der Waals surface area contributed by atoms with Crippen LogP contribution < -0.4 is 4.74 Å². The Labute approximate surface area is 115 Å². The van der Waals surface area contributed by atoms with Crippen LogP contribution in [0.25, 0.3) is 0 Å². The molecule has 2 atom stereocenters. The van der Waals surface area contributed by atoms with Crippen molar-refractivity contribution >= 4 is 25.8 Å². The van der Waals surface area contributed by atoms with Gasteiger partial charge in [0.2, 0.25) is 0 Å². The summed E-state index contributed by atoms with van der Waals surface area (Å²) in [6.45, 7) is 1.65. The summed E-state index contributed by atoms with van der Waals surface area (Å²) in [7, 11) is -2.96. The van der Waals surface area contributed by atoms with Crippen LogP contribution in [0.1, 0.15) is 25.0 Å². The highest BCUT2D eigenvalue weighted by atomic mass is 79.9. The van der Waals surface area contributed by atoms with E-state index in [0.717, 1.165) is 4.47 Å². The van der Waals surface area contributed by atoms with E-state index in [2.05, 4.69) is 15.9 Å². The van der Waals surface area contributed by atoms with Crippen molar-refractivity contribution in [2.45, 2.75) is 25.6 Å². The van der Waals surface area contributed by atoms with Crippen molar-refractivity contribution in [3.63, 3.8) is 0 Å². The molecular formula is C12H15BrO4S. The molecule has 1 heterocycles. The van der Waals surface area contributed by atoms with Gasteiger partial charge in [-0.1, -0.05) is 22.0 Å². The number of halogens is 1. The number of ether oxygens (including phenoxy) is 1. The van der Waals surface area contributed by atoms with Crippen LogP contribution in [-0.4, -0.2) is 31.1 Å². The largest absolute Gasteiger partial charge is 0.489 e. The lowest BCUT2D eigenvalue weighted by Gasteiger charge is -2.17. The first-order chi connectivity index (χ1) is 8.37. The molecule has 1 aliphatic heterocycles. The van der Waals surface area contributed by atoms with Crippen LogP contribution in [0, 0.1) is 0 Å². The SMILES string of the molecule is CC(O)c1ccc(Br)cc1OC1CCS(=O)(=O)C1. The number of rotatable bonds is 3. The molecule has 0 aromatic heterocycles. The van der Waals surface area contributed by atoms with Crippen molar-refractivity contribution in [1.82, 2.24) is 0 Å². The first-order valence-electron chi connectivity index (χ1n) is 5.72. The van der Waals surface area contributed by atoms with Gasteiger partial charge in [-0.15, -0.1) is 0 Å². The van der Waals surface area contributed by atoms with E-state index in [-0.39, 0.29) is 17.6 Å². The molecule has 1 N–H and O–H groups in total. The third kappa shape index (κ3) is 3.24. The Kier molecular flexibility index (Phi) is 3.99. The van der Waals surface area contributed by atoms with Crippen LogP contribution in [0.4, 0.5) is 0 Å². The highest BCUT2D eigenvalue weighted by Gasteiger charge is 2.30. The third-order valence-corrected chi connectivity index (χ3v) is 5.14. The predicted molar refractivity (Wildman–Crippen MR) is 72.5 cm³/mol. The van der Waals surface area contributed by atoms with Gasteiger partial charge in [0.05, 0.1) is 17.6 Å².